The molecule has 0 saturated carbocycles. The average molecular weight is 382 g/mol. The highest BCUT2D eigenvalue weighted by molar-refractivity contribution is 5.88. The van der Waals surface area contributed by atoms with Crippen molar-refractivity contribution in [1.29, 1.82) is 0 Å². The molecule has 0 aliphatic rings. The maximum atomic E-state index is 12.7. The molecule has 0 aliphatic carbocycles. The number of carbonyl (C=O) groups is 3. The van der Waals surface area contributed by atoms with Crippen LogP contribution in [0.3, 0.4) is 0 Å². The number of esters is 1. The van der Waals surface area contributed by atoms with E-state index in [1.54, 1.807) is 0 Å². The first-order valence-corrected chi connectivity index (χ1v) is 9.18. The number of Topliss-reactive ketones (excluding diaryl/α,β-unsaturated/α-hetero) is 1. The number of hydrogen-bond donors (Lipinski definition) is 2. The minimum atomic E-state index is -0.691. The lowest BCUT2D eigenvalue weighted by Gasteiger charge is -2.24. The molecule has 2 atom stereocenters. The van der Waals surface area contributed by atoms with E-state index in [9.17, 15) is 14.4 Å². The molecule has 0 fully saturated rings. The highest BCUT2D eigenvalue weighted by Gasteiger charge is 2.27. The highest BCUT2D eigenvalue weighted by atomic mass is 16.5. The number of rotatable bonds is 10. The summed E-state index contributed by atoms with van der Waals surface area (Å²) in [4.78, 5) is 36.2. The molecule has 6 heteroatoms. The monoisotopic (exact) mass is 382 g/mol. The number of ether oxygens (including phenoxy) is 1. The Kier molecular flexibility index (Phi) is 8.37. The van der Waals surface area contributed by atoms with Crippen LogP contribution in [0.1, 0.15) is 18.1 Å². The second-order valence-electron chi connectivity index (χ2n) is 6.59. The Morgan fingerprint density at radius 1 is 0.857 bits per heavy atom. The third-order valence-corrected chi connectivity index (χ3v) is 4.28. The van der Waals surface area contributed by atoms with Crippen LogP contribution in [0.25, 0.3) is 0 Å². The first-order chi connectivity index (χ1) is 13.5. The van der Waals surface area contributed by atoms with Gasteiger partial charge in [0, 0.05) is 0 Å². The lowest BCUT2D eigenvalue weighted by molar-refractivity contribution is -0.143. The normalized spacial score (nSPS) is 12.6. The summed E-state index contributed by atoms with van der Waals surface area (Å²) in [6.45, 7) is 1.36. The standard InChI is InChI=1S/C22H26N2O4/c1-16(25)15-23-21(26)19(13-17-9-5-3-6-10-17)24-20(22(27)28-2)14-18-11-7-4-8-12-18/h3-12,19-20,24H,13-15H2,1-2H3,(H,23,26)/t19?,20-/m0/s1. The van der Waals surface area contributed by atoms with Crippen molar-refractivity contribution < 1.29 is 19.1 Å². The van der Waals surface area contributed by atoms with Gasteiger partial charge in [-0.15, -0.1) is 0 Å². The predicted octanol–water partition coefficient (Wildman–Crippen LogP) is 1.68. The SMILES string of the molecule is COC(=O)[C@H](Cc1ccccc1)NC(Cc1ccccc1)C(=O)NCC(C)=O. The quantitative estimate of drug-likeness (QED) is 0.611. The molecule has 0 aliphatic heterocycles. The van der Waals surface area contributed by atoms with E-state index in [1.807, 2.05) is 60.7 Å². The van der Waals surface area contributed by atoms with Gasteiger partial charge in [-0.25, -0.2) is 0 Å². The van der Waals surface area contributed by atoms with Crippen molar-refractivity contribution in [2.45, 2.75) is 31.8 Å². The molecule has 0 aromatic heterocycles. The Hall–Kier alpha value is -2.99. The molecular weight excluding hydrogens is 356 g/mol. The Morgan fingerprint density at radius 2 is 1.36 bits per heavy atom. The largest absolute Gasteiger partial charge is 0.468 e. The van der Waals surface area contributed by atoms with Crippen LogP contribution in [-0.2, 0) is 32.0 Å². The van der Waals surface area contributed by atoms with Crippen LogP contribution in [0.4, 0.5) is 0 Å². The van der Waals surface area contributed by atoms with Gasteiger partial charge in [0.05, 0.1) is 19.7 Å². The van der Waals surface area contributed by atoms with Gasteiger partial charge in [-0.05, 0) is 30.9 Å². The molecule has 2 N–H and O–H groups in total. The smallest absolute Gasteiger partial charge is 0.323 e. The van der Waals surface area contributed by atoms with Crippen LogP contribution in [0.5, 0.6) is 0 Å². The van der Waals surface area contributed by atoms with Gasteiger partial charge in [-0.2, -0.15) is 0 Å². The van der Waals surface area contributed by atoms with Gasteiger partial charge in [0.2, 0.25) is 5.91 Å². The zero-order valence-electron chi connectivity index (χ0n) is 16.2. The number of amides is 1. The minimum absolute atomic E-state index is 0.0482. The number of hydrogen-bond acceptors (Lipinski definition) is 5. The van der Waals surface area contributed by atoms with E-state index in [-0.39, 0.29) is 18.2 Å². The number of ketones is 1. The second kappa shape index (κ2) is 11.0. The average Bonchev–Trinajstić information content (AvgIpc) is 2.71. The first-order valence-electron chi connectivity index (χ1n) is 9.18. The van der Waals surface area contributed by atoms with Crippen LogP contribution >= 0.6 is 0 Å². The van der Waals surface area contributed by atoms with Crippen LogP contribution in [-0.4, -0.2) is 43.4 Å². The molecule has 0 heterocycles. The minimum Gasteiger partial charge on any atom is -0.468 e. The predicted molar refractivity (Wildman–Crippen MR) is 107 cm³/mol. The second-order valence-corrected chi connectivity index (χ2v) is 6.59. The maximum Gasteiger partial charge on any atom is 0.323 e. The Balaban J connectivity index is 2.18. The lowest BCUT2D eigenvalue weighted by Crippen LogP contribution is -2.53. The molecule has 0 radical (unpaired) electrons. The van der Waals surface area contributed by atoms with E-state index < -0.39 is 18.1 Å². The van der Waals surface area contributed by atoms with E-state index in [2.05, 4.69) is 10.6 Å². The molecule has 0 spiro atoms. The van der Waals surface area contributed by atoms with Gasteiger partial charge in [0.15, 0.2) is 0 Å². The summed E-state index contributed by atoms with van der Waals surface area (Å²) in [5.41, 5.74) is 1.90. The molecule has 1 unspecified atom stereocenters. The molecule has 2 rings (SSSR count). The molecular formula is C22H26N2O4. The van der Waals surface area contributed by atoms with E-state index in [1.165, 1.54) is 14.0 Å². The summed E-state index contributed by atoms with van der Waals surface area (Å²) >= 11 is 0. The molecule has 0 bridgehead atoms. The molecule has 0 saturated heterocycles. The summed E-state index contributed by atoms with van der Waals surface area (Å²) in [6, 6.07) is 17.7. The van der Waals surface area contributed by atoms with Gasteiger partial charge >= 0.3 is 5.97 Å². The van der Waals surface area contributed by atoms with Crippen LogP contribution in [0, 0.1) is 0 Å². The number of nitrogens with one attached hydrogen (secondary N) is 2. The van der Waals surface area contributed by atoms with E-state index >= 15 is 0 Å². The van der Waals surface area contributed by atoms with Crippen molar-refractivity contribution in [3.63, 3.8) is 0 Å². The summed E-state index contributed by atoms with van der Waals surface area (Å²) in [5, 5.41) is 5.75. The van der Waals surface area contributed by atoms with Crippen molar-refractivity contribution in [3.05, 3.63) is 71.8 Å². The van der Waals surface area contributed by atoms with Crippen LogP contribution < -0.4 is 10.6 Å². The highest BCUT2D eigenvalue weighted by Crippen LogP contribution is 2.09. The topological polar surface area (TPSA) is 84.5 Å². The lowest BCUT2D eigenvalue weighted by atomic mass is 10.0. The van der Waals surface area contributed by atoms with E-state index in [4.69, 9.17) is 4.74 Å². The van der Waals surface area contributed by atoms with E-state index in [0.29, 0.717) is 12.8 Å². The number of benzene rings is 2. The van der Waals surface area contributed by atoms with Crippen molar-refractivity contribution in [2.24, 2.45) is 0 Å². The number of methoxy groups -OCH3 is 1. The van der Waals surface area contributed by atoms with Gasteiger partial charge in [0.25, 0.3) is 0 Å². The third-order valence-electron chi connectivity index (χ3n) is 4.28. The maximum absolute atomic E-state index is 12.7. The van der Waals surface area contributed by atoms with Gasteiger partial charge in [-0.3, -0.25) is 19.7 Å². The first kappa shape index (κ1) is 21.3. The molecule has 2 aromatic rings. The van der Waals surface area contributed by atoms with Crippen molar-refractivity contribution >= 4 is 17.7 Å². The van der Waals surface area contributed by atoms with Gasteiger partial charge in [0.1, 0.15) is 11.8 Å². The van der Waals surface area contributed by atoms with Crippen LogP contribution in [0.15, 0.2) is 60.7 Å². The molecule has 2 aromatic carbocycles. The van der Waals surface area contributed by atoms with Crippen molar-refractivity contribution in [3.8, 4) is 0 Å². The summed E-state index contributed by atoms with van der Waals surface area (Å²) in [7, 11) is 1.32. The van der Waals surface area contributed by atoms with Crippen molar-refractivity contribution in [1.82, 2.24) is 10.6 Å². The molecule has 1 amide bonds. The Morgan fingerprint density at radius 3 is 1.82 bits per heavy atom. The summed E-state index contributed by atoms with van der Waals surface area (Å²) < 4.78 is 4.93. The fraction of sp³-hybridized carbons (Fsp3) is 0.318. The van der Waals surface area contributed by atoms with Crippen molar-refractivity contribution in [2.75, 3.05) is 13.7 Å². The van der Waals surface area contributed by atoms with Gasteiger partial charge < -0.3 is 10.1 Å². The fourth-order valence-electron chi connectivity index (χ4n) is 2.86. The Bertz CT molecular complexity index is 778. The summed E-state index contributed by atoms with van der Waals surface area (Å²) in [6.07, 6.45) is 0.769. The Labute approximate surface area is 165 Å². The van der Waals surface area contributed by atoms with Crippen LogP contribution in [0.2, 0.25) is 0 Å². The molecule has 6 nitrogen and oxygen atoms in total. The zero-order chi connectivity index (χ0) is 20.4. The van der Waals surface area contributed by atoms with E-state index in [0.717, 1.165) is 11.1 Å². The fourth-order valence-corrected chi connectivity index (χ4v) is 2.86. The van der Waals surface area contributed by atoms with Gasteiger partial charge in [-0.1, -0.05) is 60.7 Å². The molecule has 148 valence electrons. The number of carbonyl (C=O) groups excluding carboxylic acids is 3. The zero-order valence-corrected chi connectivity index (χ0v) is 16.2. The molecule has 28 heavy (non-hydrogen) atoms. The summed E-state index contributed by atoms with van der Waals surface area (Å²) in [5.74, 6) is -0.914. The third kappa shape index (κ3) is 6.96.